The Morgan fingerprint density at radius 1 is 0.337 bits per heavy atom. The van der Waals surface area contributed by atoms with Gasteiger partial charge in [0.1, 0.15) is 19.3 Å². The molecule has 17 nitrogen and oxygen atoms in total. The van der Waals surface area contributed by atoms with Crippen LogP contribution in [0, 0.1) is 17.8 Å². The normalized spacial score (nSPS) is 14.3. The Kier molecular flexibility index (Phi) is 61.6. The summed E-state index contributed by atoms with van der Waals surface area (Å²) in [6.45, 7) is 11.7. The van der Waals surface area contributed by atoms with Gasteiger partial charge in [0, 0.05) is 25.7 Å². The molecule has 0 rings (SSSR count). The first-order chi connectivity index (χ1) is 44.2. The number of allylic oxidation sites excluding steroid dienone is 4. The third-order valence-corrected chi connectivity index (χ3v) is 18.2. The average Bonchev–Trinajstić information content (AvgIpc) is 2.74. The quantitative estimate of drug-likeness (QED) is 0.0169. The molecule has 3 N–H and O–H groups in total. The van der Waals surface area contributed by atoms with E-state index >= 15 is 0 Å². The zero-order valence-corrected chi connectivity index (χ0v) is 61.3. The van der Waals surface area contributed by atoms with Gasteiger partial charge in [0.25, 0.3) is 0 Å². The molecule has 0 aliphatic heterocycles. The molecule has 19 heteroatoms. The van der Waals surface area contributed by atoms with Gasteiger partial charge in [0.15, 0.2) is 12.2 Å². The summed E-state index contributed by atoms with van der Waals surface area (Å²) in [5.41, 5.74) is 0. The Hall–Kier alpha value is -2.46. The first-order valence-corrected chi connectivity index (χ1v) is 40.2. The van der Waals surface area contributed by atoms with Crippen molar-refractivity contribution in [1.29, 1.82) is 0 Å². The van der Waals surface area contributed by atoms with Crippen molar-refractivity contribution in [3.8, 4) is 0 Å². The maximum absolute atomic E-state index is 13.0. The fourth-order valence-electron chi connectivity index (χ4n) is 10.5. The van der Waals surface area contributed by atoms with Crippen LogP contribution in [0.5, 0.6) is 0 Å². The number of hydrogen-bond donors (Lipinski definition) is 3. The molecule has 0 aliphatic carbocycles. The van der Waals surface area contributed by atoms with E-state index in [0.717, 1.165) is 121 Å². The number of hydrogen-bond acceptors (Lipinski definition) is 15. The van der Waals surface area contributed by atoms with Crippen LogP contribution >= 0.6 is 15.6 Å². The van der Waals surface area contributed by atoms with Crippen molar-refractivity contribution in [3.05, 3.63) is 24.3 Å². The van der Waals surface area contributed by atoms with Crippen molar-refractivity contribution in [2.45, 2.75) is 362 Å². The average molecular weight is 1350 g/mol. The lowest BCUT2D eigenvalue weighted by molar-refractivity contribution is -0.161. The van der Waals surface area contributed by atoms with E-state index in [1.807, 2.05) is 0 Å². The van der Waals surface area contributed by atoms with Crippen molar-refractivity contribution in [2.75, 3.05) is 39.6 Å². The van der Waals surface area contributed by atoms with Gasteiger partial charge in [-0.3, -0.25) is 37.3 Å². The van der Waals surface area contributed by atoms with Gasteiger partial charge in [-0.05, 0) is 69.1 Å². The molecule has 0 bridgehead atoms. The van der Waals surface area contributed by atoms with Gasteiger partial charge in [-0.25, -0.2) is 9.13 Å². The molecule has 0 aromatic rings. The minimum absolute atomic E-state index is 0.0962. The Morgan fingerprint density at radius 3 is 0.880 bits per heavy atom. The summed E-state index contributed by atoms with van der Waals surface area (Å²) in [6, 6.07) is 0. The summed E-state index contributed by atoms with van der Waals surface area (Å²) in [7, 11) is -9.92. The number of unbranched alkanes of at least 4 members (excludes halogenated alkanes) is 34. The highest BCUT2D eigenvalue weighted by Crippen LogP contribution is 2.45. The fraction of sp³-hybridized carbons (Fsp3) is 0.890. The van der Waals surface area contributed by atoms with Crippen molar-refractivity contribution in [1.82, 2.24) is 0 Å². The highest BCUT2D eigenvalue weighted by molar-refractivity contribution is 7.47. The molecule has 3 unspecified atom stereocenters. The van der Waals surface area contributed by atoms with Crippen LogP contribution in [-0.2, 0) is 65.4 Å². The maximum atomic E-state index is 13.0. The zero-order chi connectivity index (χ0) is 68.0. The van der Waals surface area contributed by atoms with E-state index < -0.39 is 97.5 Å². The topological polar surface area (TPSA) is 237 Å². The largest absolute Gasteiger partial charge is 0.472 e. The monoisotopic (exact) mass is 1350 g/mol. The van der Waals surface area contributed by atoms with Crippen LogP contribution in [0.3, 0.4) is 0 Å². The summed E-state index contributed by atoms with van der Waals surface area (Å²) < 4.78 is 68.3. The van der Waals surface area contributed by atoms with Gasteiger partial charge in [-0.15, -0.1) is 0 Å². The molecule has 0 fully saturated rings. The van der Waals surface area contributed by atoms with E-state index in [0.29, 0.717) is 37.5 Å². The number of esters is 4. The molecule has 0 spiro atoms. The minimum atomic E-state index is -4.96. The molecular weight excluding hydrogens is 1210 g/mol. The number of phosphoric acid groups is 2. The predicted molar refractivity (Wildman–Crippen MR) is 372 cm³/mol. The molecule has 0 aliphatic rings. The van der Waals surface area contributed by atoms with Crippen LogP contribution in [0.15, 0.2) is 24.3 Å². The smallest absolute Gasteiger partial charge is 0.462 e. The molecule has 5 atom stereocenters. The van der Waals surface area contributed by atoms with Gasteiger partial charge < -0.3 is 33.8 Å². The number of phosphoric ester groups is 2. The van der Waals surface area contributed by atoms with E-state index in [9.17, 15) is 43.2 Å². The predicted octanol–water partition coefficient (Wildman–Crippen LogP) is 20.6. The van der Waals surface area contributed by atoms with E-state index in [-0.39, 0.29) is 25.7 Å². The van der Waals surface area contributed by atoms with E-state index in [1.54, 1.807) is 0 Å². The fourth-order valence-corrected chi connectivity index (χ4v) is 12.1. The Bertz CT molecular complexity index is 1890. The molecule has 0 radical (unpaired) electrons. The van der Waals surface area contributed by atoms with Crippen molar-refractivity contribution in [3.63, 3.8) is 0 Å². The van der Waals surface area contributed by atoms with E-state index in [4.69, 9.17) is 37.0 Å². The van der Waals surface area contributed by atoms with Crippen LogP contribution in [0.2, 0.25) is 0 Å². The first-order valence-electron chi connectivity index (χ1n) is 37.2. The van der Waals surface area contributed by atoms with Crippen molar-refractivity contribution >= 4 is 39.5 Å². The zero-order valence-electron chi connectivity index (χ0n) is 59.5. The summed E-state index contributed by atoms with van der Waals surface area (Å²) >= 11 is 0. The molecule has 92 heavy (non-hydrogen) atoms. The van der Waals surface area contributed by atoms with Gasteiger partial charge in [-0.1, -0.05) is 291 Å². The lowest BCUT2D eigenvalue weighted by Gasteiger charge is -2.21. The Labute approximate surface area is 561 Å². The summed E-state index contributed by atoms with van der Waals surface area (Å²) in [5.74, 6) is 0.0139. The van der Waals surface area contributed by atoms with Gasteiger partial charge >= 0.3 is 39.5 Å². The molecule has 0 aromatic carbocycles. The van der Waals surface area contributed by atoms with Crippen LogP contribution in [0.1, 0.15) is 344 Å². The molecule has 0 amide bonds. The second kappa shape index (κ2) is 63.3. The Balaban J connectivity index is 5.22. The highest BCUT2D eigenvalue weighted by atomic mass is 31.2. The van der Waals surface area contributed by atoms with Crippen LogP contribution in [0.4, 0.5) is 0 Å². The van der Waals surface area contributed by atoms with Gasteiger partial charge in [0.2, 0.25) is 0 Å². The minimum Gasteiger partial charge on any atom is -0.462 e. The second-order valence-corrected chi connectivity index (χ2v) is 30.0. The van der Waals surface area contributed by atoms with Crippen molar-refractivity contribution < 1.29 is 80.2 Å². The molecule has 0 saturated heterocycles. The molecule has 0 heterocycles. The number of carbonyl (C=O) groups excluding carboxylic acids is 4. The second-order valence-electron chi connectivity index (χ2n) is 27.1. The van der Waals surface area contributed by atoms with E-state index in [2.05, 4.69) is 72.8 Å². The summed E-state index contributed by atoms with van der Waals surface area (Å²) in [5, 5.41) is 10.6. The number of aliphatic hydroxyl groups is 1. The lowest BCUT2D eigenvalue weighted by atomic mass is 10.0. The van der Waals surface area contributed by atoms with Gasteiger partial charge in [-0.2, -0.15) is 0 Å². The maximum Gasteiger partial charge on any atom is 0.472 e. The highest BCUT2D eigenvalue weighted by Gasteiger charge is 2.30. The number of carbonyl (C=O) groups is 4. The molecule has 0 aromatic heterocycles. The standard InChI is InChI=1S/C73H138O17P2/c1-8-9-10-11-12-13-14-15-17-21-24-27-32-40-47-54-70(75)83-60-68(90-73(78)57-50-43-34-29-31-38-45-52-65(4)5)62-87-91(79,80)85-58-67(74)59-86-92(81,82)88-63-69(61-84-71(76)55-48-41-36-35-39-46-53-66(6)7)89-72(77)56-49-42-33-28-25-22-19-16-18-20-23-26-30-37-44-51-64(2)3/h13-15,17,64-69,74H,8-12,16,18-63H2,1-7H3,(H,79,80)(H,81,82)/b14-13-,17-15-/t67?,68-,69-/m1/s1. The van der Waals surface area contributed by atoms with Crippen LogP contribution < -0.4 is 0 Å². The van der Waals surface area contributed by atoms with Crippen LogP contribution in [-0.4, -0.2) is 96.7 Å². The number of ether oxygens (including phenoxy) is 4. The van der Waals surface area contributed by atoms with Crippen LogP contribution in [0.25, 0.3) is 0 Å². The van der Waals surface area contributed by atoms with Crippen molar-refractivity contribution in [2.24, 2.45) is 17.8 Å². The number of aliphatic hydroxyl groups excluding tert-OH is 1. The summed E-state index contributed by atoms with van der Waals surface area (Å²) in [6.07, 6.45) is 51.1. The molecular formula is C73H138O17P2. The third-order valence-electron chi connectivity index (χ3n) is 16.3. The molecule has 0 saturated carbocycles. The summed E-state index contributed by atoms with van der Waals surface area (Å²) in [4.78, 5) is 72.6. The van der Waals surface area contributed by atoms with E-state index in [1.165, 1.54) is 128 Å². The first kappa shape index (κ1) is 89.5. The third kappa shape index (κ3) is 66.2. The SMILES string of the molecule is CCCCCC/C=C\C=C/CCCCCCCC(=O)OC[C@H](COP(=O)(O)OCC(O)COP(=O)(O)OC[C@@H](COC(=O)CCCCCCCCC(C)C)OC(=O)CCCCCCCCCCCCCCCCCC(C)C)OC(=O)CCCCCCCCCC(C)C. The number of rotatable bonds is 69. The Morgan fingerprint density at radius 2 is 0.587 bits per heavy atom. The lowest BCUT2D eigenvalue weighted by Crippen LogP contribution is -2.30. The molecule has 542 valence electrons. The van der Waals surface area contributed by atoms with Gasteiger partial charge in [0.05, 0.1) is 26.4 Å².